The van der Waals surface area contributed by atoms with Crippen LogP contribution in [0.2, 0.25) is 0 Å². The maximum Gasteiger partial charge on any atom is 0.0434 e. The van der Waals surface area contributed by atoms with Gasteiger partial charge in [0.15, 0.2) is 0 Å². The summed E-state index contributed by atoms with van der Waals surface area (Å²) in [4.78, 5) is 0. The minimum absolute atomic E-state index is 0.216. The average molecular weight is 450 g/mol. The van der Waals surface area contributed by atoms with Crippen molar-refractivity contribution in [3.8, 4) is 0 Å². The minimum atomic E-state index is 0.216. The molecule has 0 spiro atoms. The Labute approximate surface area is 182 Å². The van der Waals surface area contributed by atoms with Crippen LogP contribution >= 0.6 is 15.9 Å². The molecule has 1 aliphatic carbocycles. The minimum Gasteiger partial charge on any atom is -0.396 e. The predicted molar refractivity (Wildman–Crippen MR) is 125 cm³/mol. The fourth-order valence-corrected chi connectivity index (χ4v) is 4.40. The van der Waals surface area contributed by atoms with E-state index in [0.29, 0.717) is 5.92 Å². The van der Waals surface area contributed by atoms with Crippen LogP contribution in [0.15, 0.2) is 82.4 Å². The van der Waals surface area contributed by atoms with E-state index in [2.05, 4.69) is 88.0 Å². The predicted octanol–water partition coefficient (Wildman–Crippen LogP) is 5.99. The van der Waals surface area contributed by atoms with E-state index < -0.39 is 0 Å². The van der Waals surface area contributed by atoms with Crippen molar-refractivity contribution < 1.29 is 5.11 Å². The molecule has 0 amide bonds. The zero-order valence-electron chi connectivity index (χ0n) is 16.7. The first kappa shape index (κ1) is 20.3. The molecule has 0 radical (unpaired) electrons. The summed E-state index contributed by atoms with van der Waals surface area (Å²) in [6, 6.07) is 17.8. The lowest BCUT2D eigenvalue weighted by atomic mass is 9.83. The van der Waals surface area contributed by atoms with Crippen molar-refractivity contribution >= 4 is 21.5 Å². The second kappa shape index (κ2) is 9.71. The summed E-state index contributed by atoms with van der Waals surface area (Å²) in [5.41, 5.74) is 7.96. The van der Waals surface area contributed by atoms with Gasteiger partial charge in [-0.1, -0.05) is 70.6 Å². The van der Waals surface area contributed by atoms with Gasteiger partial charge in [-0.25, -0.2) is 0 Å². The molecule has 3 heteroatoms. The second-order valence-corrected chi connectivity index (χ2v) is 8.74. The van der Waals surface area contributed by atoms with Gasteiger partial charge in [-0.2, -0.15) is 0 Å². The van der Waals surface area contributed by atoms with Crippen molar-refractivity contribution in [2.45, 2.75) is 31.6 Å². The van der Waals surface area contributed by atoms with E-state index in [1.807, 2.05) is 0 Å². The van der Waals surface area contributed by atoms with Gasteiger partial charge in [0.25, 0.3) is 0 Å². The fraction of sp³-hybridized carbons (Fsp3) is 0.308. The summed E-state index contributed by atoms with van der Waals surface area (Å²) >= 11 is 3.57. The van der Waals surface area contributed by atoms with Crippen molar-refractivity contribution in [1.82, 2.24) is 5.32 Å². The van der Waals surface area contributed by atoms with E-state index in [1.165, 1.54) is 33.4 Å². The van der Waals surface area contributed by atoms with Crippen molar-refractivity contribution in [1.29, 1.82) is 0 Å². The number of hydrogen-bond acceptors (Lipinski definition) is 2. The second-order valence-electron chi connectivity index (χ2n) is 7.82. The number of halogens is 1. The number of nitrogens with one attached hydrogen (secondary N) is 1. The Bertz CT molecular complexity index is 918. The third kappa shape index (κ3) is 4.80. The first-order valence-electron chi connectivity index (χ1n) is 10.5. The van der Waals surface area contributed by atoms with Crippen LogP contribution in [-0.4, -0.2) is 24.8 Å². The Kier molecular flexibility index (Phi) is 6.81. The van der Waals surface area contributed by atoms with Crippen LogP contribution < -0.4 is 5.32 Å². The highest BCUT2D eigenvalue weighted by atomic mass is 79.9. The number of rotatable bonds is 7. The number of aliphatic hydroxyl groups excluding tert-OH is 1. The summed E-state index contributed by atoms with van der Waals surface area (Å²) in [6.07, 6.45) is 10.5. The van der Waals surface area contributed by atoms with Crippen LogP contribution in [0.5, 0.6) is 0 Å². The maximum absolute atomic E-state index is 9.54. The largest absolute Gasteiger partial charge is 0.396 e. The summed E-state index contributed by atoms with van der Waals surface area (Å²) < 4.78 is 1.09. The molecule has 0 atom stereocenters. The molecule has 0 saturated carbocycles. The summed E-state index contributed by atoms with van der Waals surface area (Å²) in [7, 11) is 0. The van der Waals surface area contributed by atoms with Crippen molar-refractivity contribution in [3.63, 3.8) is 0 Å². The van der Waals surface area contributed by atoms with Crippen molar-refractivity contribution in [2.24, 2.45) is 0 Å². The molecular weight excluding hydrogens is 422 g/mol. The van der Waals surface area contributed by atoms with Crippen LogP contribution in [0.3, 0.4) is 0 Å². The molecule has 4 rings (SSSR count). The van der Waals surface area contributed by atoms with E-state index in [4.69, 9.17) is 0 Å². The number of allylic oxidation sites excluding steroid dienone is 5. The van der Waals surface area contributed by atoms with Gasteiger partial charge < -0.3 is 10.4 Å². The molecule has 0 aromatic heterocycles. The highest BCUT2D eigenvalue weighted by molar-refractivity contribution is 9.10. The van der Waals surface area contributed by atoms with Gasteiger partial charge in [0.2, 0.25) is 0 Å². The number of hydrogen-bond donors (Lipinski definition) is 2. The zero-order chi connectivity index (χ0) is 20.1. The Balaban J connectivity index is 1.83. The average Bonchev–Trinajstić information content (AvgIpc) is 2.72. The molecule has 1 saturated heterocycles. The van der Waals surface area contributed by atoms with Gasteiger partial charge in [-0.15, -0.1) is 0 Å². The summed E-state index contributed by atoms with van der Waals surface area (Å²) in [5.74, 6) is 0.643. The Morgan fingerprint density at radius 1 is 1.00 bits per heavy atom. The Hall–Kier alpha value is -1.94. The van der Waals surface area contributed by atoms with Crippen molar-refractivity contribution in [3.05, 3.63) is 99.1 Å². The fourth-order valence-electron chi connectivity index (χ4n) is 4.13. The Morgan fingerprint density at radius 2 is 1.69 bits per heavy atom. The van der Waals surface area contributed by atoms with E-state index in [0.717, 1.165) is 43.2 Å². The molecule has 150 valence electrons. The lowest BCUT2D eigenvalue weighted by molar-refractivity contribution is 0.288. The highest BCUT2D eigenvalue weighted by Crippen LogP contribution is 2.36. The molecule has 1 fully saturated rings. The van der Waals surface area contributed by atoms with Crippen LogP contribution in [0.1, 0.15) is 48.3 Å². The third-order valence-electron chi connectivity index (χ3n) is 5.87. The molecule has 29 heavy (non-hydrogen) atoms. The van der Waals surface area contributed by atoms with Gasteiger partial charge in [-0.3, -0.25) is 0 Å². The van der Waals surface area contributed by atoms with Gasteiger partial charge in [0.05, 0.1) is 0 Å². The summed E-state index contributed by atoms with van der Waals surface area (Å²) in [5, 5.41) is 12.9. The molecule has 2 nitrogen and oxygen atoms in total. The Morgan fingerprint density at radius 3 is 2.24 bits per heavy atom. The normalized spacial score (nSPS) is 17.5. The topological polar surface area (TPSA) is 32.3 Å². The van der Waals surface area contributed by atoms with E-state index >= 15 is 0 Å². The van der Waals surface area contributed by atoms with Crippen LogP contribution in [0.25, 0.3) is 5.57 Å². The van der Waals surface area contributed by atoms with Gasteiger partial charge in [-0.05, 0) is 71.2 Å². The SMILES string of the molecule is OCCC/C(C1=CC=CCC1)=C(\c1ccc(Br)cc1)c1ccc(C2CNC2)cc1. The van der Waals surface area contributed by atoms with Gasteiger partial charge in [0, 0.05) is 30.1 Å². The van der Waals surface area contributed by atoms with Crippen LogP contribution in [0, 0.1) is 0 Å². The molecular formula is C26H28BrNO. The van der Waals surface area contributed by atoms with Crippen molar-refractivity contribution in [2.75, 3.05) is 19.7 Å². The molecule has 0 bridgehead atoms. The molecule has 1 aliphatic heterocycles. The van der Waals surface area contributed by atoms with E-state index in [-0.39, 0.29) is 6.61 Å². The molecule has 2 aromatic carbocycles. The van der Waals surface area contributed by atoms with Crippen LogP contribution in [0.4, 0.5) is 0 Å². The van der Waals surface area contributed by atoms with Gasteiger partial charge >= 0.3 is 0 Å². The molecule has 2 N–H and O–H groups in total. The lowest BCUT2D eigenvalue weighted by Crippen LogP contribution is -2.39. The maximum atomic E-state index is 9.54. The van der Waals surface area contributed by atoms with E-state index in [9.17, 15) is 5.11 Å². The highest BCUT2D eigenvalue weighted by Gasteiger charge is 2.20. The number of benzene rings is 2. The number of aliphatic hydroxyl groups is 1. The monoisotopic (exact) mass is 449 g/mol. The van der Waals surface area contributed by atoms with Crippen LogP contribution in [-0.2, 0) is 0 Å². The first-order chi connectivity index (χ1) is 14.3. The van der Waals surface area contributed by atoms with Gasteiger partial charge in [0.1, 0.15) is 0 Å². The van der Waals surface area contributed by atoms with E-state index in [1.54, 1.807) is 0 Å². The molecule has 0 unspecified atom stereocenters. The smallest absolute Gasteiger partial charge is 0.0434 e. The zero-order valence-corrected chi connectivity index (χ0v) is 18.3. The first-order valence-corrected chi connectivity index (χ1v) is 11.3. The molecule has 2 aromatic rings. The molecule has 2 aliphatic rings. The standard InChI is InChI=1S/C26H28BrNO/c27-24-14-12-22(13-15-24)26(21-10-8-19(9-11-21)23-17-28-18-23)25(7-4-16-29)20-5-2-1-3-6-20/h1-2,5,8-15,23,28-29H,3-4,6-7,16-18H2/b26-25+. The summed E-state index contributed by atoms with van der Waals surface area (Å²) in [6.45, 7) is 2.37. The quantitative estimate of drug-likeness (QED) is 0.544. The lowest BCUT2D eigenvalue weighted by Gasteiger charge is -2.28. The molecule has 1 heterocycles. The third-order valence-corrected chi connectivity index (χ3v) is 6.40.